The maximum absolute atomic E-state index is 12.2. The van der Waals surface area contributed by atoms with Crippen LogP contribution >= 0.6 is 0 Å². The average molecular weight is 369 g/mol. The van der Waals surface area contributed by atoms with Gasteiger partial charge in [-0.2, -0.15) is 0 Å². The molecule has 2 amide bonds. The Balaban J connectivity index is 1.82. The Morgan fingerprint density at radius 1 is 1.11 bits per heavy atom. The SMILES string of the molecule is CCC(C)NC(=O)c1cccc(NCC(=O)NCc2ccc(OC)cc2)c1. The minimum atomic E-state index is -0.125. The first-order valence-electron chi connectivity index (χ1n) is 9.06. The molecular formula is C21H27N3O3. The van der Waals surface area contributed by atoms with Crippen LogP contribution in [0.3, 0.4) is 0 Å². The van der Waals surface area contributed by atoms with Crippen LogP contribution in [-0.2, 0) is 11.3 Å². The number of anilines is 1. The van der Waals surface area contributed by atoms with Crippen molar-refractivity contribution in [2.24, 2.45) is 0 Å². The van der Waals surface area contributed by atoms with Gasteiger partial charge in [-0.05, 0) is 49.2 Å². The highest BCUT2D eigenvalue weighted by Crippen LogP contribution is 2.12. The highest BCUT2D eigenvalue weighted by molar-refractivity contribution is 5.95. The molecule has 0 aliphatic heterocycles. The minimum absolute atomic E-state index is 0.114. The number of carbonyl (C=O) groups is 2. The van der Waals surface area contributed by atoms with Crippen molar-refractivity contribution in [1.29, 1.82) is 0 Å². The standard InChI is InChI=1S/C21H27N3O3/c1-4-15(2)24-21(26)17-6-5-7-18(12-17)22-14-20(25)23-13-16-8-10-19(27-3)11-9-16/h5-12,15,22H,4,13-14H2,1-3H3,(H,23,25)(H,24,26). The highest BCUT2D eigenvalue weighted by Gasteiger charge is 2.09. The Kier molecular flexibility index (Phi) is 7.67. The molecule has 0 radical (unpaired) electrons. The van der Waals surface area contributed by atoms with E-state index in [1.807, 2.05) is 44.2 Å². The van der Waals surface area contributed by atoms with Crippen molar-refractivity contribution >= 4 is 17.5 Å². The van der Waals surface area contributed by atoms with Gasteiger partial charge in [-0.1, -0.05) is 25.1 Å². The molecule has 0 heterocycles. The summed E-state index contributed by atoms with van der Waals surface area (Å²) in [6, 6.07) is 14.8. The van der Waals surface area contributed by atoms with Gasteiger partial charge < -0.3 is 20.7 Å². The van der Waals surface area contributed by atoms with Gasteiger partial charge in [0.25, 0.3) is 5.91 Å². The van der Waals surface area contributed by atoms with E-state index in [2.05, 4.69) is 16.0 Å². The van der Waals surface area contributed by atoms with E-state index in [0.717, 1.165) is 23.4 Å². The van der Waals surface area contributed by atoms with Crippen molar-refractivity contribution in [1.82, 2.24) is 10.6 Å². The van der Waals surface area contributed by atoms with E-state index in [4.69, 9.17) is 4.74 Å². The first kappa shape index (κ1) is 20.3. The number of nitrogens with one attached hydrogen (secondary N) is 3. The van der Waals surface area contributed by atoms with Gasteiger partial charge in [-0.15, -0.1) is 0 Å². The normalized spacial score (nSPS) is 11.4. The summed E-state index contributed by atoms with van der Waals surface area (Å²) in [5, 5.41) is 8.84. The van der Waals surface area contributed by atoms with E-state index in [-0.39, 0.29) is 24.4 Å². The second-order valence-electron chi connectivity index (χ2n) is 6.34. The van der Waals surface area contributed by atoms with E-state index in [0.29, 0.717) is 12.1 Å². The number of rotatable bonds is 9. The molecular weight excluding hydrogens is 342 g/mol. The van der Waals surface area contributed by atoms with Crippen molar-refractivity contribution in [2.45, 2.75) is 32.9 Å². The van der Waals surface area contributed by atoms with Gasteiger partial charge in [-0.3, -0.25) is 9.59 Å². The molecule has 0 saturated heterocycles. The molecule has 1 atom stereocenters. The minimum Gasteiger partial charge on any atom is -0.497 e. The summed E-state index contributed by atoms with van der Waals surface area (Å²) in [7, 11) is 1.62. The Bertz CT molecular complexity index is 760. The fourth-order valence-corrected chi connectivity index (χ4v) is 2.37. The third-order valence-electron chi connectivity index (χ3n) is 4.22. The first-order valence-corrected chi connectivity index (χ1v) is 9.06. The molecule has 0 spiro atoms. The van der Waals surface area contributed by atoms with Crippen LogP contribution in [0.1, 0.15) is 36.2 Å². The molecule has 27 heavy (non-hydrogen) atoms. The lowest BCUT2D eigenvalue weighted by Crippen LogP contribution is -2.32. The largest absolute Gasteiger partial charge is 0.497 e. The summed E-state index contributed by atoms with van der Waals surface area (Å²) in [6.07, 6.45) is 0.873. The lowest BCUT2D eigenvalue weighted by Gasteiger charge is -2.12. The summed E-state index contributed by atoms with van der Waals surface area (Å²) in [5.41, 5.74) is 2.29. The lowest BCUT2D eigenvalue weighted by molar-refractivity contribution is -0.119. The van der Waals surface area contributed by atoms with Crippen LogP contribution in [-0.4, -0.2) is 31.5 Å². The number of carbonyl (C=O) groups excluding carboxylic acids is 2. The van der Waals surface area contributed by atoms with Crippen LogP contribution in [0.25, 0.3) is 0 Å². The quantitative estimate of drug-likeness (QED) is 0.635. The molecule has 6 heteroatoms. The number of hydrogen-bond acceptors (Lipinski definition) is 4. The summed E-state index contributed by atoms with van der Waals surface area (Å²) >= 11 is 0. The smallest absolute Gasteiger partial charge is 0.251 e. The van der Waals surface area contributed by atoms with Crippen LogP contribution in [0.4, 0.5) is 5.69 Å². The van der Waals surface area contributed by atoms with E-state index in [1.54, 1.807) is 25.3 Å². The van der Waals surface area contributed by atoms with E-state index in [9.17, 15) is 9.59 Å². The number of methoxy groups -OCH3 is 1. The van der Waals surface area contributed by atoms with Gasteiger partial charge in [0.15, 0.2) is 0 Å². The molecule has 1 unspecified atom stereocenters. The topological polar surface area (TPSA) is 79.5 Å². The van der Waals surface area contributed by atoms with E-state index in [1.165, 1.54) is 0 Å². The Hall–Kier alpha value is -3.02. The van der Waals surface area contributed by atoms with Crippen LogP contribution in [0.5, 0.6) is 5.75 Å². The summed E-state index contributed by atoms with van der Waals surface area (Å²) in [6.45, 7) is 4.56. The number of hydrogen-bond donors (Lipinski definition) is 3. The van der Waals surface area contributed by atoms with Crippen molar-refractivity contribution < 1.29 is 14.3 Å². The third-order valence-corrected chi connectivity index (χ3v) is 4.22. The molecule has 0 saturated carbocycles. The zero-order valence-electron chi connectivity index (χ0n) is 16.0. The van der Waals surface area contributed by atoms with Crippen LogP contribution in [0, 0.1) is 0 Å². The summed E-state index contributed by atoms with van der Waals surface area (Å²) < 4.78 is 5.11. The van der Waals surface area contributed by atoms with Gasteiger partial charge >= 0.3 is 0 Å². The van der Waals surface area contributed by atoms with Crippen LogP contribution in [0.15, 0.2) is 48.5 Å². The predicted octanol–water partition coefficient (Wildman–Crippen LogP) is 2.95. The molecule has 6 nitrogen and oxygen atoms in total. The van der Waals surface area contributed by atoms with Crippen molar-refractivity contribution in [2.75, 3.05) is 19.0 Å². The second-order valence-corrected chi connectivity index (χ2v) is 6.34. The van der Waals surface area contributed by atoms with Gasteiger partial charge in [0.2, 0.25) is 5.91 Å². The number of amides is 2. The molecule has 0 aromatic heterocycles. The summed E-state index contributed by atoms with van der Waals surface area (Å²) in [4.78, 5) is 24.2. The zero-order valence-corrected chi connectivity index (χ0v) is 16.0. The molecule has 0 aliphatic rings. The van der Waals surface area contributed by atoms with Crippen molar-refractivity contribution in [3.05, 3.63) is 59.7 Å². The molecule has 2 aromatic rings. The average Bonchev–Trinajstić information content (AvgIpc) is 2.71. The Labute approximate surface area is 160 Å². The number of ether oxygens (including phenoxy) is 1. The molecule has 0 aliphatic carbocycles. The highest BCUT2D eigenvalue weighted by atomic mass is 16.5. The Morgan fingerprint density at radius 2 is 1.85 bits per heavy atom. The fourth-order valence-electron chi connectivity index (χ4n) is 2.37. The van der Waals surface area contributed by atoms with Gasteiger partial charge in [-0.25, -0.2) is 0 Å². The van der Waals surface area contributed by atoms with E-state index >= 15 is 0 Å². The maximum atomic E-state index is 12.2. The fraction of sp³-hybridized carbons (Fsp3) is 0.333. The molecule has 144 valence electrons. The molecule has 2 aromatic carbocycles. The molecule has 3 N–H and O–H groups in total. The zero-order chi connectivity index (χ0) is 19.6. The third kappa shape index (κ3) is 6.66. The second kappa shape index (κ2) is 10.2. The summed E-state index contributed by atoms with van der Waals surface area (Å²) in [5.74, 6) is 0.543. The molecule has 2 rings (SSSR count). The molecule has 0 bridgehead atoms. The first-order chi connectivity index (χ1) is 13.0. The lowest BCUT2D eigenvalue weighted by atomic mass is 10.1. The predicted molar refractivity (Wildman–Crippen MR) is 107 cm³/mol. The van der Waals surface area contributed by atoms with Gasteiger partial charge in [0.05, 0.1) is 13.7 Å². The van der Waals surface area contributed by atoms with Crippen LogP contribution in [0.2, 0.25) is 0 Å². The van der Waals surface area contributed by atoms with Crippen molar-refractivity contribution in [3.63, 3.8) is 0 Å². The monoisotopic (exact) mass is 369 g/mol. The van der Waals surface area contributed by atoms with Crippen molar-refractivity contribution in [3.8, 4) is 5.75 Å². The van der Waals surface area contributed by atoms with Gasteiger partial charge in [0.1, 0.15) is 5.75 Å². The Morgan fingerprint density at radius 3 is 2.52 bits per heavy atom. The molecule has 0 fully saturated rings. The van der Waals surface area contributed by atoms with Gasteiger partial charge in [0, 0.05) is 23.8 Å². The number of benzene rings is 2. The van der Waals surface area contributed by atoms with Crippen LogP contribution < -0.4 is 20.7 Å². The maximum Gasteiger partial charge on any atom is 0.251 e. The van der Waals surface area contributed by atoms with E-state index < -0.39 is 0 Å².